The van der Waals surface area contributed by atoms with Crippen molar-refractivity contribution >= 4 is 10.9 Å². The van der Waals surface area contributed by atoms with Crippen molar-refractivity contribution in [2.75, 3.05) is 6.54 Å². The van der Waals surface area contributed by atoms with Crippen LogP contribution in [0.2, 0.25) is 0 Å². The highest BCUT2D eigenvalue weighted by atomic mass is 19.1. The summed E-state index contributed by atoms with van der Waals surface area (Å²) in [5.41, 5.74) is 8.67. The summed E-state index contributed by atoms with van der Waals surface area (Å²) >= 11 is 0. The molecule has 3 rings (SSSR count). The summed E-state index contributed by atoms with van der Waals surface area (Å²) < 4.78 is 15.4. The molecule has 96 valence electrons. The van der Waals surface area contributed by atoms with Gasteiger partial charge in [0.1, 0.15) is 5.82 Å². The molecule has 0 atom stereocenters. The van der Waals surface area contributed by atoms with E-state index in [1.807, 2.05) is 18.3 Å². The maximum Gasteiger partial charge on any atom is 0.123 e. The van der Waals surface area contributed by atoms with Gasteiger partial charge in [0.15, 0.2) is 0 Å². The molecule has 0 fully saturated rings. The molecule has 0 radical (unpaired) electrons. The van der Waals surface area contributed by atoms with Crippen LogP contribution in [-0.2, 0) is 6.54 Å². The lowest BCUT2D eigenvalue weighted by Crippen LogP contribution is -2.08. The number of hydrogen-bond donors (Lipinski definition) is 1. The van der Waals surface area contributed by atoms with Crippen LogP contribution in [0.3, 0.4) is 0 Å². The molecule has 3 aromatic rings. The Bertz CT molecular complexity index is 716. The van der Waals surface area contributed by atoms with Gasteiger partial charge in [-0.25, -0.2) is 4.39 Å². The molecule has 2 nitrogen and oxygen atoms in total. The lowest BCUT2D eigenvalue weighted by Gasteiger charge is -2.05. The van der Waals surface area contributed by atoms with Crippen molar-refractivity contribution in [3.05, 3.63) is 60.5 Å². The molecule has 1 heterocycles. The first-order valence-corrected chi connectivity index (χ1v) is 6.33. The van der Waals surface area contributed by atoms with Gasteiger partial charge in [0, 0.05) is 30.2 Å². The Morgan fingerprint density at radius 2 is 1.84 bits per heavy atom. The van der Waals surface area contributed by atoms with E-state index in [1.54, 1.807) is 12.1 Å². The van der Waals surface area contributed by atoms with E-state index in [2.05, 4.69) is 22.8 Å². The van der Waals surface area contributed by atoms with E-state index < -0.39 is 0 Å². The highest BCUT2D eigenvalue weighted by Crippen LogP contribution is 2.25. The summed E-state index contributed by atoms with van der Waals surface area (Å²) in [7, 11) is 0. The summed E-state index contributed by atoms with van der Waals surface area (Å²) in [4.78, 5) is 0. The van der Waals surface area contributed by atoms with Gasteiger partial charge in [0.2, 0.25) is 0 Å². The summed E-state index contributed by atoms with van der Waals surface area (Å²) in [6, 6.07) is 14.9. The van der Waals surface area contributed by atoms with E-state index in [4.69, 9.17) is 5.73 Å². The number of fused-ring (bicyclic) bond motifs is 1. The van der Waals surface area contributed by atoms with Crippen molar-refractivity contribution in [1.29, 1.82) is 0 Å². The number of nitrogens with two attached hydrogens (primary N) is 1. The largest absolute Gasteiger partial charge is 0.346 e. The molecule has 2 aromatic carbocycles. The Morgan fingerprint density at radius 3 is 2.63 bits per heavy atom. The molecule has 0 amide bonds. The third kappa shape index (κ3) is 2.25. The molecule has 1 aromatic heterocycles. The maximum absolute atomic E-state index is 13.3. The lowest BCUT2D eigenvalue weighted by atomic mass is 10.0. The van der Waals surface area contributed by atoms with E-state index in [-0.39, 0.29) is 5.82 Å². The van der Waals surface area contributed by atoms with Crippen LogP contribution in [0.4, 0.5) is 4.39 Å². The summed E-state index contributed by atoms with van der Waals surface area (Å²) in [5.74, 6) is -0.210. The van der Waals surface area contributed by atoms with Crippen molar-refractivity contribution in [3.8, 4) is 11.1 Å². The van der Waals surface area contributed by atoms with Crippen LogP contribution in [0.5, 0.6) is 0 Å². The number of halogens is 1. The van der Waals surface area contributed by atoms with E-state index in [9.17, 15) is 4.39 Å². The quantitative estimate of drug-likeness (QED) is 0.763. The fraction of sp³-hybridized carbons (Fsp3) is 0.125. The van der Waals surface area contributed by atoms with Crippen molar-refractivity contribution < 1.29 is 4.39 Å². The Labute approximate surface area is 111 Å². The van der Waals surface area contributed by atoms with Gasteiger partial charge in [0.05, 0.1) is 0 Å². The van der Waals surface area contributed by atoms with Gasteiger partial charge >= 0.3 is 0 Å². The molecule has 0 aliphatic carbocycles. The van der Waals surface area contributed by atoms with Crippen molar-refractivity contribution in [2.24, 2.45) is 5.73 Å². The number of rotatable bonds is 3. The van der Waals surface area contributed by atoms with E-state index >= 15 is 0 Å². The van der Waals surface area contributed by atoms with Crippen molar-refractivity contribution in [3.63, 3.8) is 0 Å². The third-order valence-electron chi connectivity index (χ3n) is 3.30. The van der Waals surface area contributed by atoms with Gasteiger partial charge in [-0.15, -0.1) is 0 Å². The third-order valence-corrected chi connectivity index (χ3v) is 3.30. The first-order valence-electron chi connectivity index (χ1n) is 6.33. The van der Waals surface area contributed by atoms with Crippen molar-refractivity contribution in [1.82, 2.24) is 4.57 Å². The van der Waals surface area contributed by atoms with Gasteiger partial charge in [-0.1, -0.05) is 18.2 Å². The van der Waals surface area contributed by atoms with Crippen molar-refractivity contribution in [2.45, 2.75) is 6.54 Å². The normalized spacial score (nSPS) is 11.1. The summed E-state index contributed by atoms with van der Waals surface area (Å²) in [6.45, 7) is 1.43. The van der Waals surface area contributed by atoms with Gasteiger partial charge < -0.3 is 10.3 Å². The number of hydrogen-bond acceptors (Lipinski definition) is 1. The van der Waals surface area contributed by atoms with Gasteiger partial charge in [-0.05, 0) is 41.5 Å². The van der Waals surface area contributed by atoms with Gasteiger partial charge in [-0.2, -0.15) is 0 Å². The number of nitrogens with zero attached hydrogens (tertiary/aromatic N) is 1. The Balaban J connectivity index is 2.07. The van der Waals surface area contributed by atoms with E-state index in [1.165, 1.54) is 6.07 Å². The topological polar surface area (TPSA) is 30.9 Å². The van der Waals surface area contributed by atoms with Gasteiger partial charge in [0.25, 0.3) is 0 Å². The molecule has 2 N–H and O–H groups in total. The molecule has 3 heteroatoms. The molecule has 0 aliphatic heterocycles. The summed E-state index contributed by atoms with van der Waals surface area (Å²) in [6.07, 6.45) is 2.03. The molecule has 0 unspecified atom stereocenters. The van der Waals surface area contributed by atoms with Crippen LogP contribution in [-0.4, -0.2) is 11.1 Å². The molecular formula is C16H15FN2. The minimum Gasteiger partial charge on any atom is -0.346 e. The van der Waals surface area contributed by atoms with Crippen LogP contribution in [0.25, 0.3) is 22.0 Å². The van der Waals surface area contributed by atoms with E-state index in [0.717, 1.165) is 28.6 Å². The zero-order valence-electron chi connectivity index (χ0n) is 10.5. The number of aromatic nitrogens is 1. The minimum atomic E-state index is -0.210. The predicted molar refractivity (Wildman–Crippen MR) is 76.4 cm³/mol. The van der Waals surface area contributed by atoms with E-state index in [0.29, 0.717) is 6.54 Å². The second-order valence-corrected chi connectivity index (χ2v) is 4.58. The Kier molecular flexibility index (Phi) is 3.05. The molecule has 19 heavy (non-hydrogen) atoms. The monoisotopic (exact) mass is 254 g/mol. The van der Waals surface area contributed by atoms with Crippen LogP contribution in [0.15, 0.2) is 54.7 Å². The molecule has 0 saturated heterocycles. The molecule has 0 aliphatic rings. The highest BCUT2D eigenvalue weighted by Gasteiger charge is 2.04. The summed E-state index contributed by atoms with van der Waals surface area (Å²) in [5, 5.41) is 1.15. The zero-order chi connectivity index (χ0) is 13.2. The average molecular weight is 254 g/mol. The second-order valence-electron chi connectivity index (χ2n) is 4.58. The SMILES string of the molecule is NCCn1ccc2cc(-c3cccc(F)c3)ccc21. The van der Waals surface area contributed by atoms with Crippen LogP contribution in [0.1, 0.15) is 0 Å². The Morgan fingerprint density at radius 1 is 1.00 bits per heavy atom. The first kappa shape index (κ1) is 11.9. The molecular weight excluding hydrogens is 239 g/mol. The van der Waals surface area contributed by atoms with Crippen LogP contribution >= 0.6 is 0 Å². The Hall–Kier alpha value is -2.13. The number of benzene rings is 2. The predicted octanol–water partition coefficient (Wildman–Crippen LogP) is 3.41. The fourth-order valence-corrected chi connectivity index (χ4v) is 2.38. The second kappa shape index (κ2) is 4.86. The highest BCUT2D eigenvalue weighted by molar-refractivity contribution is 5.85. The van der Waals surface area contributed by atoms with Crippen LogP contribution < -0.4 is 5.73 Å². The molecule has 0 spiro atoms. The maximum atomic E-state index is 13.3. The lowest BCUT2D eigenvalue weighted by molar-refractivity contribution is 0.628. The molecule has 0 saturated carbocycles. The fourth-order valence-electron chi connectivity index (χ4n) is 2.38. The zero-order valence-corrected chi connectivity index (χ0v) is 10.5. The van der Waals surface area contributed by atoms with Crippen LogP contribution in [0, 0.1) is 5.82 Å². The minimum absolute atomic E-state index is 0.210. The van der Waals surface area contributed by atoms with Gasteiger partial charge in [-0.3, -0.25) is 0 Å². The standard InChI is InChI=1S/C16H15FN2/c17-15-3-1-2-12(11-15)13-4-5-16-14(10-13)6-8-19(16)9-7-18/h1-6,8,10-11H,7,9,18H2. The molecule has 0 bridgehead atoms. The first-order chi connectivity index (χ1) is 9.28. The smallest absolute Gasteiger partial charge is 0.123 e. The average Bonchev–Trinajstić information content (AvgIpc) is 2.82.